The summed E-state index contributed by atoms with van der Waals surface area (Å²) in [5.74, 6) is 0.487. The van der Waals surface area contributed by atoms with Gasteiger partial charge in [-0.1, -0.05) is 109 Å². The minimum Gasteiger partial charge on any atom is -0.329 e. The summed E-state index contributed by atoms with van der Waals surface area (Å²) in [5.41, 5.74) is 15.2. The third-order valence-electron chi connectivity index (χ3n) is 13.7. The summed E-state index contributed by atoms with van der Waals surface area (Å²) in [6.45, 7) is 17.4. The Morgan fingerprint density at radius 3 is 1.10 bits per heavy atom. The molecular formula is C68H41N9. The maximum absolute atomic E-state index is 9.46. The molecule has 2 aromatic heterocycles. The fraction of sp³-hybridized carbons (Fsp3) is 0. The van der Waals surface area contributed by atoms with Crippen LogP contribution in [0.2, 0.25) is 0 Å². The van der Waals surface area contributed by atoms with E-state index in [1.165, 1.54) is 0 Å². The summed E-state index contributed by atoms with van der Waals surface area (Å²) < 4.78 is 2.09. The van der Waals surface area contributed by atoms with E-state index >= 15 is 0 Å². The summed E-state index contributed by atoms with van der Waals surface area (Å²) in [5, 5.41) is 20.8. The number of hydrogen-bond donors (Lipinski definition) is 0. The van der Waals surface area contributed by atoms with Crippen molar-refractivity contribution in [2.45, 2.75) is 0 Å². The molecule has 9 heteroatoms. The highest BCUT2D eigenvalue weighted by Crippen LogP contribution is 2.47. The van der Waals surface area contributed by atoms with E-state index in [4.69, 9.17) is 23.1 Å². The topological polar surface area (TPSA) is 93.5 Å². The van der Waals surface area contributed by atoms with Gasteiger partial charge in [-0.2, -0.15) is 10.5 Å². The minimum atomic E-state index is 0.338. The third kappa shape index (κ3) is 8.92. The van der Waals surface area contributed by atoms with Crippen LogP contribution in [-0.4, -0.2) is 14.5 Å². The highest BCUT2D eigenvalue weighted by molar-refractivity contribution is 6.13. The first-order valence-electron chi connectivity index (χ1n) is 24.8. The zero-order valence-electron chi connectivity index (χ0n) is 41.2. The van der Waals surface area contributed by atoms with Gasteiger partial charge in [-0.3, -0.25) is 0 Å². The largest absolute Gasteiger partial charge is 0.329 e. The average Bonchev–Trinajstić information content (AvgIpc) is 3.84. The van der Waals surface area contributed by atoms with Crippen molar-refractivity contribution in [3.8, 4) is 62.9 Å². The number of aromatic nitrogens is 3. The number of para-hydroxylation sites is 4. The molecule has 0 aliphatic carbocycles. The predicted molar refractivity (Wildman–Crippen MR) is 309 cm³/mol. The Hall–Kier alpha value is -11.4. The van der Waals surface area contributed by atoms with Crippen LogP contribution in [0.15, 0.2) is 249 Å². The van der Waals surface area contributed by atoms with Crippen molar-refractivity contribution in [2.24, 2.45) is 0 Å². The molecule has 0 radical (unpaired) electrons. The maximum Gasteiger partial charge on any atom is 0.200 e. The van der Waals surface area contributed by atoms with Gasteiger partial charge in [-0.25, -0.2) is 19.7 Å². The molecular weight excluding hydrogens is 943 g/mol. The van der Waals surface area contributed by atoms with E-state index in [0.29, 0.717) is 45.4 Å². The fourth-order valence-corrected chi connectivity index (χ4v) is 10.0. The van der Waals surface area contributed by atoms with Crippen molar-refractivity contribution < 1.29 is 0 Å². The van der Waals surface area contributed by atoms with Crippen molar-refractivity contribution in [3.63, 3.8) is 0 Å². The average molecular weight is 984 g/mol. The lowest BCUT2D eigenvalue weighted by Crippen LogP contribution is -2.09. The third-order valence-corrected chi connectivity index (χ3v) is 13.7. The zero-order valence-corrected chi connectivity index (χ0v) is 41.2. The molecule has 0 amide bonds. The van der Waals surface area contributed by atoms with Crippen LogP contribution in [0.25, 0.3) is 82.2 Å². The van der Waals surface area contributed by atoms with Gasteiger partial charge in [0.2, 0.25) is 11.4 Å². The number of fused-ring (bicyclic) bond motifs is 3. The van der Waals surface area contributed by atoms with E-state index in [1.807, 2.05) is 140 Å². The number of nitrogens with zero attached hydrogens (tertiary/aromatic N) is 9. The summed E-state index contributed by atoms with van der Waals surface area (Å²) in [7, 11) is 0. The van der Waals surface area contributed by atoms with E-state index in [0.717, 1.165) is 83.7 Å². The lowest BCUT2D eigenvalue weighted by molar-refractivity contribution is 1.18. The molecule has 0 atom stereocenters. The normalized spacial score (nSPS) is 10.8. The molecule has 0 aliphatic heterocycles. The molecule has 358 valence electrons. The molecule has 12 aromatic rings. The summed E-state index contributed by atoms with van der Waals surface area (Å²) in [4.78, 5) is 22.7. The van der Waals surface area contributed by atoms with Crippen molar-refractivity contribution >= 4 is 67.3 Å². The molecule has 0 N–H and O–H groups in total. The van der Waals surface area contributed by atoms with Gasteiger partial charge in [0.25, 0.3) is 0 Å². The summed E-state index contributed by atoms with van der Waals surface area (Å²) >= 11 is 0. The predicted octanol–water partition coefficient (Wildman–Crippen LogP) is 18.0. The van der Waals surface area contributed by atoms with Crippen LogP contribution in [0.1, 0.15) is 11.1 Å². The van der Waals surface area contributed by atoms with E-state index in [2.05, 4.69) is 121 Å². The Kier molecular flexibility index (Phi) is 12.3. The second-order valence-corrected chi connectivity index (χ2v) is 18.3. The molecule has 0 unspecified atom stereocenters. The van der Waals surface area contributed by atoms with Crippen LogP contribution in [0.4, 0.5) is 45.5 Å². The molecule has 77 heavy (non-hydrogen) atoms. The monoisotopic (exact) mass is 983 g/mol. The van der Waals surface area contributed by atoms with Gasteiger partial charge in [0.05, 0.1) is 64.5 Å². The first-order chi connectivity index (χ1) is 38.0. The van der Waals surface area contributed by atoms with Crippen LogP contribution in [0, 0.1) is 35.8 Å². The van der Waals surface area contributed by atoms with Crippen LogP contribution < -0.4 is 9.80 Å². The molecule has 0 fully saturated rings. The van der Waals surface area contributed by atoms with Crippen LogP contribution in [0.5, 0.6) is 0 Å². The summed E-state index contributed by atoms with van der Waals surface area (Å²) in [6, 6.07) is 86.6. The standard InChI is InChI=1S/C68H41N9/c1-71-63-39-52(48-31-33-50(34-32-48)62-43-61(49-27-23-46(44-69)24-28-49)73-68(74-62)51-29-25-47(45-70)26-30-51)40-64(72-2)67(63)77-65-37-35-57(75(53-15-7-3-8-16-53)54-17-9-4-10-18-54)41-59(65)60-42-58(36-38-66(60)77)76(55-19-11-5-12-20-55)56-21-13-6-14-22-56/h3-43H. The number of hydrogen-bond acceptors (Lipinski definition) is 6. The van der Waals surface area contributed by atoms with E-state index in [1.54, 1.807) is 24.3 Å². The smallest absolute Gasteiger partial charge is 0.200 e. The first kappa shape index (κ1) is 46.7. The SMILES string of the molecule is [C-]#[N+]c1cc(-c2ccc(-c3cc(-c4ccc(C#N)cc4)nc(-c4ccc(C#N)cc4)n3)cc2)cc([N+]#[C-])c1-n1c2ccc(N(c3ccccc3)c3ccccc3)cc2c2cc(N(c3ccccc3)c3ccccc3)ccc21. The number of rotatable bonds is 11. The molecule has 0 aliphatic rings. The molecule has 2 heterocycles. The summed E-state index contributed by atoms with van der Waals surface area (Å²) in [6.07, 6.45) is 0. The van der Waals surface area contributed by atoms with Crippen molar-refractivity contribution in [1.82, 2.24) is 14.5 Å². The second kappa shape index (κ2) is 20.3. The first-order valence-corrected chi connectivity index (χ1v) is 24.8. The molecule has 0 saturated heterocycles. The van der Waals surface area contributed by atoms with Crippen molar-refractivity contribution in [2.75, 3.05) is 9.80 Å². The van der Waals surface area contributed by atoms with E-state index in [-0.39, 0.29) is 0 Å². The molecule has 0 saturated carbocycles. The zero-order chi connectivity index (χ0) is 52.2. The Labute approximate surface area is 445 Å². The number of nitriles is 2. The Bertz CT molecular complexity index is 4010. The molecule has 10 aromatic carbocycles. The second-order valence-electron chi connectivity index (χ2n) is 18.3. The lowest BCUT2D eigenvalue weighted by atomic mass is 9.99. The molecule has 9 nitrogen and oxygen atoms in total. The van der Waals surface area contributed by atoms with Gasteiger partial charge in [-0.15, -0.1) is 0 Å². The van der Waals surface area contributed by atoms with Crippen LogP contribution in [0.3, 0.4) is 0 Å². The fourth-order valence-electron chi connectivity index (χ4n) is 10.0. The number of benzene rings is 10. The maximum atomic E-state index is 9.46. The van der Waals surface area contributed by atoms with Gasteiger partial charge < -0.3 is 14.4 Å². The molecule has 0 spiro atoms. The molecule has 0 bridgehead atoms. The molecule has 12 rings (SSSR count). The Morgan fingerprint density at radius 2 is 0.727 bits per heavy atom. The highest BCUT2D eigenvalue weighted by Gasteiger charge is 2.24. The quantitative estimate of drug-likeness (QED) is 0.120. The Morgan fingerprint density at radius 1 is 0.364 bits per heavy atom. The van der Waals surface area contributed by atoms with E-state index in [9.17, 15) is 10.5 Å². The van der Waals surface area contributed by atoms with Crippen molar-refractivity contribution in [3.05, 3.63) is 283 Å². The minimum absolute atomic E-state index is 0.338. The van der Waals surface area contributed by atoms with Crippen molar-refractivity contribution in [1.29, 1.82) is 10.5 Å². The Balaban J connectivity index is 1.000. The van der Waals surface area contributed by atoms with Gasteiger partial charge in [0, 0.05) is 61.6 Å². The van der Waals surface area contributed by atoms with E-state index < -0.39 is 0 Å². The highest BCUT2D eigenvalue weighted by atomic mass is 15.2. The van der Waals surface area contributed by atoms with Crippen LogP contribution in [-0.2, 0) is 0 Å². The van der Waals surface area contributed by atoms with Gasteiger partial charge in [0.1, 0.15) is 0 Å². The van der Waals surface area contributed by atoms with Gasteiger partial charge >= 0.3 is 0 Å². The van der Waals surface area contributed by atoms with Gasteiger partial charge in [-0.05, 0) is 151 Å². The van der Waals surface area contributed by atoms with Gasteiger partial charge in [0.15, 0.2) is 5.82 Å². The van der Waals surface area contributed by atoms with Crippen LogP contribution >= 0.6 is 0 Å². The number of anilines is 6. The lowest BCUT2D eigenvalue weighted by Gasteiger charge is -2.26.